The Bertz CT molecular complexity index is 687. The van der Waals surface area contributed by atoms with Gasteiger partial charge in [-0.2, -0.15) is 0 Å². The number of carbonyl (C=O) groups excluding carboxylic acids is 2. The van der Waals surface area contributed by atoms with Gasteiger partial charge in [0.2, 0.25) is 5.91 Å². The summed E-state index contributed by atoms with van der Waals surface area (Å²) in [5.41, 5.74) is 2.10. The van der Waals surface area contributed by atoms with Crippen LogP contribution in [0.4, 0.5) is 5.69 Å². The summed E-state index contributed by atoms with van der Waals surface area (Å²) >= 11 is 0. The molecule has 3 rings (SSSR count). The number of rotatable bonds is 2. The summed E-state index contributed by atoms with van der Waals surface area (Å²) in [5.74, 6) is -0.0292. The SMILES string of the molecule is CN(C)C(=O)c1[nH]c2ccccc2c1N1CCCC1=O. The van der Waals surface area contributed by atoms with Crippen LogP contribution in [0.5, 0.6) is 0 Å². The average Bonchev–Trinajstić information content (AvgIpc) is 3.00. The van der Waals surface area contributed by atoms with Gasteiger partial charge in [0.25, 0.3) is 5.91 Å². The molecule has 2 amide bonds. The van der Waals surface area contributed by atoms with Gasteiger partial charge in [0.1, 0.15) is 5.69 Å². The number of hydrogen-bond acceptors (Lipinski definition) is 2. The largest absolute Gasteiger partial charge is 0.349 e. The number of H-pyrrole nitrogens is 1. The Labute approximate surface area is 117 Å². The van der Waals surface area contributed by atoms with Crippen LogP contribution < -0.4 is 4.90 Å². The van der Waals surface area contributed by atoms with Gasteiger partial charge in [-0.3, -0.25) is 9.59 Å². The number of benzene rings is 1. The monoisotopic (exact) mass is 271 g/mol. The standard InChI is InChI=1S/C15H17N3O2/c1-17(2)15(20)13-14(18-9-5-8-12(18)19)10-6-3-4-7-11(10)16-13/h3-4,6-7,16H,5,8-9H2,1-2H3. The highest BCUT2D eigenvalue weighted by atomic mass is 16.2. The molecule has 2 aromatic rings. The van der Waals surface area contributed by atoms with E-state index in [1.165, 1.54) is 4.90 Å². The lowest BCUT2D eigenvalue weighted by atomic mass is 10.2. The molecule has 5 heteroatoms. The molecule has 1 fully saturated rings. The Morgan fingerprint density at radius 3 is 2.70 bits per heavy atom. The van der Waals surface area contributed by atoms with E-state index in [0.717, 1.165) is 23.0 Å². The van der Waals surface area contributed by atoms with E-state index < -0.39 is 0 Å². The Kier molecular flexibility index (Phi) is 2.97. The first kappa shape index (κ1) is 12.7. The number of carbonyl (C=O) groups is 2. The predicted octanol–water partition coefficient (Wildman–Crippen LogP) is 2.00. The third-order valence-electron chi connectivity index (χ3n) is 3.64. The van der Waals surface area contributed by atoms with Crippen LogP contribution in [-0.4, -0.2) is 42.3 Å². The summed E-state index contributed by atoms with van der Waals surface area (Å²) in [5, 5.41) is 0.924. The fourth-order valence-corrected chi connectivity index (χ4v) is 2.67. The Morgan fingerprint density at radius 2 is 2.05 bits per heavy atom. The maximum absolute atomic E-state index is 12.4. The van der Waals surface area contributed by atoms with Gasteiger partial charge in [-0.15, -0.1) is 0 Å². The van der Waals surface area contributed by atoms with Crippen molar-refractivity contribution >= 4 is 28.4 Å². The van der Waals surface area contributed by atoms with Gasteiger partial charge in [-0.1, -0.05) is 18.2 Å². The van der Waals surface area contributed by atoms with Crippen LogP contribution >= 0.6 is 0 Å². The predicted molar refractivity (Wildman–Crippen MR) is 77.9 cm³/mol. The number of hydrogen-bond donors (Lipinski definition) is 1. The molecule has 1 aliphatic rings. The molecule has 1 aromatic carbocycles. The average molecular weight is 271 g/mol. The highest BCUT2D eigenvalue weighted by molar-refractivity contribution is 6.13. The van der Waals surface area contributed by atoms with Crippen LogP contribution in [0.1, 0.15) is 23.3 Å². The van der Waals surface area contributed by atoms with E-state index in [0.29, 0.717) is 18.7 Å². The van der Waals surface area contributed by atoms with Gasteiger partial charge in [-0.25, -0.2) is 0 Å². The topological polar surface area (TPSA) is 56.4 Å². The highest BCUT2D eigenvalue weighted by Crippen LogP contribution is 2.34. The van der Waals surface area contributed by atoms with E-state index >= 15 is 0 Å². The molecular weight excluding hydrogens is 254 g/mol. The van der Waals surface area contributed by atoms with E-state index in [2.05, 4.69) is 4.98 Å². The van der Waals surface area contributed by atoms with Crippen molar-refractivity contribution < 1.29 is 9.59 Å². The van der Waals surface area contributed by atoms with E-state index in [-0.39, 0.29) is 11.8 Å². The molecule has 0 bridgehead atoms. The van der Waals surface area contributed by atoms with Gasteiger partial charge in [0.15, 0.2) is 0 Å². The van der Waals surface area contributed by atoms with E-state index in [1.54, 1.807) is 19.0 Å². The summed E-state index contributed by atoms with van der Waals surface area (Å²) in [7, 11) is 3.42. The second-order valence-corrected chi connectivity index (χ2v) is 5.24. The van der Waals surface area contributed by atoms with E-state index in [1.807, 2.05) is 24.3 Å². The first-order valence-electron chi connectivity index (χ1n) is 6.72. The molecule has 0 aliphatic carbocycles. The van der Waals surface area contributed by atoms with Gasteiger partial charge >= 0.3 is 0 Å². The Hall–Kier alpha value is -2.30. The molecule has 1 N–H and O–H groups in total. The van der Waals surface area contributed by atoms with Gasteiger partial charge in [0.05, 0.1) is 5.69 Å². The molecule has 1 aliphatic heterocycles. The molecule has 1 saturated heterocycles. The Balaban J connectivity index is 2.23. The van der Waals surface area contributed by atoms with Crippen molar-refractivity contribution in [3.63, 3.8) is 0 Å². The van der Waals surface area contributed by atoms with Crippen molar-refractivity contribution in [3.8, 4) is 0 Å². The number of amides is 2. The summed E-state index contributed by atoms with van der Waals surface area (Å²) in [6, 6.07) is 7.70. The zero-order valence-corrected chi connectivity index (χ0v) is 11.6. The minimum Gasteiger partial charge on any atom is -0.349 e. The zero-order valence-electron chi connectivity index (χ0n) is 11.6. The van der Waals surface area contributed by atoms with Gasteiger partial charge in [-0.05, 0) is 12.5 Å². The van der Waals surface area contributed by atoms with Crippen LogP contribution in [0, 0.1) is 0 Å². The number of para-hydroxylation sites is 1. The van der Waals surface area contributed by atoms with Crippen LogP contribution in [0.2, 0.25) is 0 Å². The number of aromatic nitrogens is 1. The molecular formula is C15H17N3O2. The molecule has 2 heterocycles. The smallest absolute Gasteiger partial charge is 0.271 e. The summed E-state index contributed by atoms with van der Waals surface area (Å²) in [6.45, 7) is 0.675. The molecule has 0 spiro atoms. The lowest BCUT2D eigenvalue weighted by Crippen LogP contribution is -2.28. The second-order valence-electron chi connectivity index (χ2n) is 5.24. The Morgan fingerprint density at radius 1 is 1.30 bits per heavy atom. The fourth-order valence-electron chi connectivity index (χ4n) is 2.67. The second kappa shape index (κ2) is 4.67. The van der Waals surface area contributed by atoms with Crippen molar-refractivity contribution in [1.29, 1.82) is 0 Å². The number of aromatic amines is 1. The number of nitrogens with zero attached hydrogens (tertiary/aromatic N) is 2. The summed E-state index contributed by atoms with van der Waals surface area (Å²) in [6.07, 6.45) is 1.39. The molecule has 0 unspecified atom stereocenters. The minimum absolute atomic E-state index is 0.0857. The summed E-state index contributed by atoms with van der Waals surface area (Å²) < 4.78 is 0. The molecule has 20 heavy (non-hydrogen) atoms. The minimum atomic E-state index is -0.115. The van der Waals surface area contributed by atoms with Crippen LogP contribution in [-0.2, 0) is 4.79 Å². The quantitative estimate of drug-likeness (QED) is 0.908. The van der Waals surface area contributed by atoms with Crippen LogP contribution in [0.15, 0.2) is 24.3 Å². The molecule has 0 radical (unpaired) electrons. The third kappa shape index (κ3) is 1.86. The van der Waals surface area contributed by atoms with Crippen LogP contribution in [0.3, 0.4) is 0 Å². The number of fused-ring (bicyclic) bond motifs is 1. The number of anilines is 1. The molecule has 0 saturated carbocycles. The molecule has 104 valence electrons. The summed E-state index contributed by atoms with van der Waals surface area (Å²) in [4.78, 5) is 30.8. The van der Waals surface area contributed by atoms with Crippen molar-refractivity contribution in [3.05, 3.63) is 30.0 Å². The van der Waals surface area contributed by atoms with Gasteiger partial charge in [0, 0.05) is 38.0 Å². The van der Waals surface area contributed by atoms with E-state index in [4.69, 9.17) is 0 Å². The van der Waals surface area contributed by atoms with Crippen molar-refractivity contribution in [2.45, 2.75) is 12.8 Å². The first-order valence-corrected chi connectivity index (χ1v) is 6.72. The maximum atomic E-state index is 12.4. The molecule has 0 atom stereocenters. The van der Waals surface area contributed by atoms with Crippen LogP contribution in [0.25, 0.3) is 10.9 Å². The lowest BCUT2D eigenvalue weighted by Gasteiger charge is -2.18. The first-order chi connectivity index (χ1) is 9.59. The fraction of sp³-hybridized carbons (Fsp3) is 0.333. The highest BCUT2D eigenvalue weighted by Gasteiger charge is 2.29. The molecule has 5 nitrogen and oxygen atoms in total. The lowest BCUT2D eigenvalue weighted by molar-refractivity contribution is -0.117. The van der Waals surface area contributed by atoms with E-state index in [9.17, 15) is 9.59 Å². The normalized spacial score (nSPS) is 15.1. The van der Waals surface area contributed by atoms with Gasteiger partial charge < -0.3 is 14.8 Å². The maximum Gasteiger partial charge on any atom is 0.271 e. The zero-order chi connectivity index (χ0) is 14.3. The van der Waals surface area contributed by atoms with Crippen molar-refractivity contribution in [2.24, 2.45) is 0 Å². The number of nitrogens with one attached hydrogen (secondary N) is 1. The van der Waals surface area contributed by atoms with Crippen molar-refractivity contribution in [1.82, 2.24) is 9.88 Å². The van der Waals surface area contributed by atoms with Crippen molar-refractivity contribution in [2.75, 3.05) is 25.5 Å². The molecule has 1 aromatic heterocycles. The third-order valence-corrected chi connectivity index (χ3v) is 3.64.